The molecule has 0 atom stereocenters. The van der Waals surface area contributed by atoms with Crippen LogP contribution in [-0.2, 0) is 0 Å². The van der Waals surface area contributed by atoms with Crippen LogP contribution in [0.2, 0.25) is 15.1 Å². The molecule has 1 N–H and O–H groups in total. The monoisotopic (exact) mass is 359 g/mol. The number of rotatable bonds is 4. The van der Waals surface area contributed by atoms with Gasteiger partial charge in [0.25, 0.3) is 5.91 Å². The summed E-state index contributed by atoms with van der Waals surface area (Å²) in [5, 5.41) is 3.78. The van der Waals surface area contributed by atoms with E-state index < -0.39 is 5.91 Å². The van der Waals surface area contributed by atoms with Gasteiger partial charge in [-0.2, -0.15) is 0 Å². The van der Waals surface area contributed by atoms with Crippen LogP contribution in [-0.4, -0.2) is 20.1 Å². The molecule has 1 amide bonds. The summed E-state index contributed by atoms with van der Waals surface area (Å²) in [6, 6.07) is 7.80. The van der Waals surface area contributed by atoms with Crippen molar-refractivity contribution in [2.24, 2.45) is 0 Å². The lowest BCUT2D eigenvalue weighted by Gasteiger charge is -2.12. The van der Waals surface area contributed by atoms with Gasteiger partial charge in [-0.05, 0) is 30.3 Å². The van der Waals surface area contributed by atoms with Gasteiger partial charge in [0.1, 0.15) is 0 Å². The Morgan fingerprint density at radius 1 is 1.00 bits per heavy atom. The molecule has 0 saturated carbocycles. The van der Waals surface area contributed by atoms with E-state index in [1.165, 1.54) is 26.4 Å². The Bertz CT molecular complexity index is 719. The zero-order chi connectivity index (χ0) is 16.3. The Hall–Kier alpha value is -1.62. The molecule has 4 nitrogen and oxygen atoms in total. The first-order chi connectivity index (χ1) is 10.5. The van der Waals surface area contributed by atoms with Crippen molar-refractivity contribution in [1.29, 1.82) is 0 Å². The van der Waals surface area contributed by atoms with Crippen LogP contribution in [0, 0.1) is 0 Å². The van der Waals surface area contributed by atoms with Gasteiger partial charge in [0.15, 0.2) is 11.5 Å². The van der Waals surface area contributed by atoms with Crippen LogP contribution in [0.4, 0.5) is 5.69 Å². The highest BCUT2D eigenvalue weighted by molar-refractivity contribution is 6.36. The summed E-state index contributed by atoms with van der Waals surface area (Å²) in [5.74, 6) is 0.325. The molecule has 0 aliphatic rings. The van der Waals surface area contributed by atoms with Crippen LogP contribution in [0.3, 0.4) is 0 Å². The number of hydrogen-bond acceptors (Lipinski definition) is 3. The number of halogens is 3. The first-order valence-electron chi connectivity index (χ1n) is 6.14. The van der Waals surface area contributed by atoms with Crippen LogP contribution < -0.4 is 14.8 Å². The summed E-state index contributed by atoms with van der Waals surface area (Å²) in [6.07, 6.45) is 0. The van der Waals surface area contributed by atoms with Gasteiger partial charge in [0.05, 0.1) is 30.0 Å². The molecule has 7 heteroatoms. The second-order valence-corrected chi connectivity index (χ2v) is 5.52. The van der Waals surface area contributed by atoms with Gasteiger partial charge in [-0.1, -0.05) is 34.8 Å². The third kappa shape index (κ3) is 3.58. The molecular weight excluding hydrogens is 349 g/mol. The molecule has 2 aromatic rings. The van der Waals surface area contributed by atoms with E-state index in [0.29, 0.717) is 32.8 Å². The lowest BCUT2D eigenvalue weighted by Crippen LogP contribution is -2.12. The Morgan fingerprint density at radius 3 is 2.36 bits per heavy atom. The summed E-state index contributed by atoms with van der Waals surface area (Å²) in [6.45, 7) is 0. The standard InChI is InChI=1S/C15H12Cl3NO3/c1-21-13-6-8(5-11(18)14(13)22-2)15(20)19-12-7-9(16)3-4-10(12)17/h3-7H,1-2H3,(H,19,20). The highest BCUT2D eigenvalue weighted by atomic mass is 35.5. The molecule has 0 fully saturated rings. The van der Waals surface area contributed by atoms with Crippen molar-refractivity contribution in [2.75, 3.05) is 19.5 Å². The minimum atomic E-state index is -0.396. The number of hydrogen-bond donors (Lipinski definition) is 1. The number of nitrogens with one attached hydrogen (secondary N) is 1. The molecule has 0 saturated heterocycles. The molecule has 0 bridgehead atoms. The molecule has 2 rings (SSSR count). The van der Waals surface area contributed by atoms with Gasteiger partial charge < -0.3 is 14.8 Å². The molecule has 0 aliphatic heterocycles. The van der Waals surface area contributed by atoms with Crippen molar-refractivity contribution in [3.05, 3.63) is 51.0 Å². The van der Waals surface area contributed by atoms with Crippen molar-refractivity contribution in [3.63, 3.8) is 0 Å². The summed E-state index contributed by atoms with van der Waals surface area (Å²) in [5.41, 5.74) is 0.712. The van der Waals surface area contributed by atoms with E-state index in [0.717, 1.165) is 0 Å². The lowest BCUT2D eigenvalue weighted by atomic mass is 10.1. The van der Waals surface area contributed by atoms with Crippen molar-refractivity contribution in [3.8, 4) is 11.5 Å². The normalized spacial score (nSPS) is 10.2. The van der Waals surface area contributed by atoms with E-state index in [1.54, 1.807) is 18.2 Å². The second kappa shape index (κ2) is 7.09. The van der Waals surface area contributed by atoms with Gasteiger partial charge in [-0.15, -0.1) is 0 Å². The Balaban J connectivity index is 2.34. The fourth-order valence-corrected chi connectivity index (χ4v) is 2.46. The predicted molar refractivity (Wildman–Crippen MR) is 89.0 cm³/mol. The van der Waals surface area contributed by atoms with E-state index in [1.807, 2.05) is 0 Å². The number of amides is 1. The van der Waals surface area contributed by atoms with Crippen molar-refractivity contribution in [1.82, 2.24) is 0 Å². The van der Waals surface area contributed by atoms with Crippen molar-refractivity contribution >= 4 is 46.4 Å². The molecule has 0 spiro atoms. The second-order valence-electron chi connectivity index (χ2n) is 4.27. The Morgan fingerprint density at radius 2 is 1.73 bits per heavy atom. The van der Waals surface area contributed by atoms with E-state index in [9.17, 15) is 4.79 Å². The van der Waals surface area contributed by atoms with E-state index in [-0.39, 0.29) is 5.02 Å². The molecule has 2 aromatic carbocycles. The van der Waals surface area contributed by atoms with Crippen molar-refractivity contribution in [2.45, 2.75) is 0 Å². The van der Waals surface area contributed by atoms with E-state index in [2.05, 4.69) is 5.32 Å². The summed E-state index contributed by atoms with van der Waals surface area (Å²) in [7, 11) is 2.93. The number of anilines is 1. The SMILES string of the molecule is COc1cc(C(=O)Nc2cc(Cl)ccc2Cl)cc(Cl)c1OC. The molecule has 0 aromatic heterocycles. The highest BCUT2D eigenvalue weighted by Crippen LogP contribution is 2.36. The fourth-order valence-electron chi connectivity index (χ4n) is 1.84. The first kappa shape index (κ1) is 16.7. The zero-order valence-electron chi connectivity index (χ0n) is 11.7. The number of methoxy groups -OCH3 is 2. The smallest absolute Gasteiger partial charge is 0.255 e. The van der Waals surface area contributed by atoms with Crippen LogP contribution in [0.25, 0.3) is 0 Å². The minimum Gasteiger partial charge on any atom is -0.493 e. The molecule has 0 radical (unpaired) electrons. The fraction of sp³-hybridized carbons (Fsp3) is 0.133. The maximum absolute atomic E-state index is 12.3. The van der Waals surface area contributed by atoms with Gasteiger partial charge in [-0.3, -0.25) is 4.79 Å². The molecule has 0 aliphatic carbocycles. The van der Waals surface area contributed by atoms with Crippen LogP contribution in [0.1, 0.15) is 10.4 Å². The van der Waals surface area contributed by atoms with Crippen LogP contribution in [0.5, 0.6) is 11.5 Å². The number of carbonyl (C=O) groups excluding carboxylic acids is 1. The number of benzene rings is 2. The van der Waals surface area contributed by atoms with Crippen LogP contribution in [0.15, 0.2) is 30.3 Å². The Labute approximate surface area is 142 Å². The topological polar surface area (TPSA) is 47.6 Å². The molecule has 116 valence electrons. The van der Waals surface area contributed by atoms with E-state index >= 15 is 0 Å². The van der Waals surface area contributed by atoms with Gasteiger partial charge in [-0.25, -0.2) is 0 Å². The highest BCUT2D eigenvalue weighted by Gasteiger charge is 2.16. The zero-order valence-corrected chi connectivity index (χ0v) is 14.0. The number of carbonyl (C=O) groups is 1. The van der Waals surface area contributed by atoms with Crippen molar-refractivity contribution < 1.29 is 14.3 Å². The first-order valence-corrected chi connectivity index (χ1v) is 7.27. The largest absolute Gasteiger partial charge is 0.493 e. The molecule has 0 unspecified atom stereocenters. The minimum absolute atomic E-state index is 0.268. The molecule has 22 heavy (non-hydrogen) atoms. The number of ether oxygens (including phenoxy) is 2. The average molecular weight is 361 g/mol. The lowest BCUT2D eigenvalue weighted by molar-refractivity contribution is 0.102. The van der Waals surface area contributed by atoms with Gasteiger partial charge in [0, 0.05) is 10.6 Å². The Kier molecular flexibility index (Phi) is 5.40. The molecular formula is C15H12Cl3NO3. The summed E-state index contributed by atoms with van der Waals surface area (Å²) >= 11 is 18.0. The van der Waals surface area contributed by atoms with Gasteiger partial charge in [0.2, 0.25) is 0 Å². The third-order valence-electron chi connectivity index (χ3n) is 2.87. The quantitative estimate of drug-likeness (QED) is 0.842. The summed E-state index contributed by atoms with van der Waals surface area (Å²) in [4.78, 5) is 12.3. The van der Waals surface area contributed by atoms with Crippen LogP contribution >= 0.6 is 34.8 Å². The third-order valence-corrected chi connectivity index (χ3v) is 3.72. The maximum Gasteiger partial charge on any atom is 0.255 e. The molecule has 0 heterocycles. The maximum atomic E-state index is 12.3. The average Bonchev–Trinajstić information content (AvgIpc) is 2.49. The predicted octanol–water partition coefficient (Wildman–Crippen LogP) is 4.92. The van der Waals surface area contributed by atoms with E-state index in [4.69, 9.17) is 44.3 Å². The van der Waals surface area contributed by atoms with Gasteiger partial charge >= 0.3 is 0 Å². The summed E-state index contributed by atoms with van der Waals surface area (Å²) < 4.78 is 10.3.